The Labute approximate surface area is 253 Å². The zero-order chi connectivity index (χ0) is 31.0. The van der Waals surface area contributed by atoms with Crippen molar-refractivity contribution in [2.45, 2.75) is 50.7 Å². The monoisotopic (exact) mass is 601 g/mol. The number of nitrogens with one attached hydrogen (secondary N) is 1. The Morgan fingerprint density at radius 2 is 1.35 bits per heavy atom. The minimum atomic E-state index is -4.25. The van der Waals surface area contributed by atoms with Crippen molar-refractivity contribution >= 4 is 27.5 Å². The fraction of sp³-hybridized carbons (Fsp3) is 0.235. The highest BCUT2D eigenvalue weighted by atomic mass is 32.2. The van der Waals surface area contributed by atoms with Gasteiger partial charge in [0.1, 0.15) is 18.4 Å². The number of benzene rings is 4. The van der Waals surface area contributed by atoms with Crippen LogP contribution in [0.15, 0.2) is 114 Å². The third-order valence-electron chi connectivity index (χ3n) is 6.90. The number of halogens is 1. The number of nitrogens with zero attached hydrogens (tertiary/aromatic N) is 2. The molecule has 0 heterocycles. The molecule has 0 saturated carbocycles. The van der Waals surface area contributed by atoms with Gasteiger partial charge >= 0.3 is 0 Å². The van der Waals surface area contributed by atoms with E-state index in [0.29, 0.717) is 0 Å². The van der Waals surface area contributed by atoms with Crippen LogP contribution in [-0.2, 0) is 32.6 Å². The van der Waals surface area contributed by atoms with Gasteiger partial charge in [-0.3, -0.25) is 13.9 Å². The normalized spacial score (nSPS) is 12.0. The minimum Gasteiger partial charge on any atom is -0.352 e. The van der Waals surface area contributed by atoms with Crippen molar-refractivity contribution in [1.82, 2.24) is 10.2 Å². The van der Waals surface area contributed by atoms with Crippen LogP contribution >= 0.6 is 0 Å². The zero-order valence-corrected chi connectivity index (χ0v) is 25.3. The molecule has 0 fully saturated rings. The lowest BCUT2D eigenvalue weighted by molar-refractivity contribution is -0.140. The third-order valence-corrected chi connectivity index (χ3v) is 8.69. The summed E-state index contributed by atoms with van der Waals surface area (Å²) in [5.41, 5.74) is 2.62. The van der Waals surface area contributed by atoms with E-state index in [1.807, 2.05) is 81.4 Å². The molecule has 2 amide bonds. The minimum absolute atomic E-state index is 0.0109. The van der Waals surface area contributed by atoms with Crippen molar-refractivity contribution in [3.05, 3.63) is 132 Å². The molecule has 4 aromatic rings. The van der Waals surface area contributed by atoms with Crippen LogP contribution in [0.25, 0.3) is 0 Å². The number of carbonyl (C=O) groups excluding carboxylic acids is 2. The second-order valence-electron chi connectivity index (χ2n) is 10.7. The molecule has 9 heteroatoms. The number of sulfonamides is 1. The van der Waals surface area contributed by atoms with Gasteiger partial charge in [0.15, 0.2) is 0 Å². The van der Waals surface area contributed by atoms with E-state index < -0.39 is 34.3 Å². The molecule has 0 unspecified atom stereocenters. The van der Waals surface area contributed by atoms with Gasteiger partial charge in [-0.2, -0.15) is 0 Å². The van der Waals surface area contributed by atoms with Gasteiger partial charge in [0, 0.05) is 19.0 Å². The molecule has 0 aromatic heterocycles. The Balaban J connectivity index is 1.78. The average molecular weight is 602 g/mol. The summed E-state index contributed by atoms with van der Waals surface area (Å²) in [6.45, 7) is 4.99. The summed E-state index contributed by atoms with van der Waals surface area (Å²) in [6.07, 6.45) is 0.221. The lowest BCUT2D eigenvalue weighted by Crippen LogP contribution is -2.54. The van der Waals surface area contributed by atoms with Crippen LogP contribution in [-0.4, -0.2) is 43.8 Å². The van der Waals surface area contributed by atoms with Gasteiger partial charge in [0.25, 0.3) is 10.0 Å². The summed E-state index contributed by atoms with van der Waals surface area (Å²) in [7, 11) is -4.25. The molecule has 1 N–H and O–H groups in total. The van der Waals surface area contributed by atoms with Crippen LogP contribution in [0.5, 0.6) is 0 Å². The van der Waals surface area contributed by atoms with Crippen molar-refractivity contribution in [1.29, 1.82) is 0 Å². The van der Waals surface area contributed by atoms with E-state index in [1.165, 1.54) is 29.2 Å². The fourth-order valence-corrected chi connectivity index (χ4v) is 6.10. The fourth-order valence-electron chi connectivity index (χ4n) is 4.69. The maximum atomic E-state index is 14.3. The molecule has 0 radical (unpaired) electrons. The highest BCUT2D eigenvalue weighted by Crippen LogP contribution is 2.25. The third kappa shape index (κ3) is 8.29. The molecule has 0 aliphatic heterocycles. The summed E-state index contributed by atoms with van der Waals surface area (Å²) in [5.74, 6) is -1.47. The zero-order valence-electron chi connectivity index (χ0n) is 24.5. The number of hydrogen-bond donors (Lipinski definition) is 1. The highest BCUT2D eigenvalue weighted by molar-refractivity contribution is 7.92. The SMILES string of the molecule is Cc1ccc(S(=O)(=O)N(CC(=O)N(Cc2ccccc2)[C@H](Cc2ccccc2)C(=O)NC(C)C)c2ccc(F)cc2)cc1. The van der Waals surface area contributed by atoms with E-state index in [-0.39, 0.29) is 35.5 Å². The molecular weight excluding hydrogens is 565 g/mol. The molecule has 224 valence electrons. The molecule has 7 nitrogen and oxygen atoms in total. The van der Waals surface area contributed by atoms with E-state index in [0.717, 1.165) is 33.1 Å². The predicted molar refractivity (Wildman–Crippen MR) is 166 cm³/mol. The van der Waals surface area contributed by atoms with E-state index in [4.69, 9.17) is 0 Å². The Kier molecular flexibility index (Phi) is 10.3. The standard InChI is InChI=1S/C34H36FN3O4S/c1-25(2)36-34(40)32(22-27-10-6-4-7-11-27)37(23-28-12-8-5-9-13-28)33(39)24-38(30-18-16-29(35)17-19-30)43(41,42)31-20-14-26(3)15-21-31/h4-21,25,32H,22-24H2,1-3H3,(H,36,40)/t32-/m1/s1. The van der Waals surface area contributed by atoms with Gasteiger partial charge in [-0.25, -0.2) is 12.8 Å². The van der Waals surface area contributed by atoms with E-state index in [2.05, 4.69) is 5.32 Å². The molecule has 0 saturated heterocycles. The Morgan fingerprint density at radius 3 is 1.91 bits per heavy atom. The van der Waals surface area contributed by atoms with Gasteiger partial charge < -0.3 is 10.2 Å². The summed E-state index contributed by atoms with van der Waals surface area (Å²) < 4.78 is 42.8. The number of hydrogen-bond acceptors (Lipinski definition) is 4. The lowest BCUT2D eigenvalue weighted by Gasteiger charge is -2.34. The first-order valence-electron chi connectivity index (χ1n) is 14.1. The first-order chi connectivity index (χ1) is 20.5. The summed E-state index contributed by atoms with van der Waals surface area (Å²) in [4.78, 5) is 29.4. The number of carbonyl (C=O) groups is 2. The van der Waals surface area contributed by atoms with Gasteiger partial charge in [-0.1, -0.05) is 78.4 Å². The van der Waals surface area contributed by atoms with Gasteiger partial charge in [0.2, 0.25) is 11.8 Å². The number of amides is 2. The van der Waals surface area contributed by atoms with Gasteiger partial charge in [-0.15, -0.1) is 0 Å². The van der Waals surface area contributed by atoms with E-state index >= 15 is 0 Å². The van der Waals surface area contributed by atoms with E-state index in [1.54, 1.807) is 12.1 Å². The van der Waals surface area contributed by atoms with Gasteiger partial charge in [-0.05, 0) is 68.3 Å². The van der Waals surface area contributed by atoms with Crippen LogP contribution < -0.4 is 9.62 Å². The largest absolute Gasteiger partial charge is 0.352 e. The van der Waals surface area contributed by atoms with Crippen molar-refractivity contribution in [3.63, 3.8) is 0 Å². The summed E-state index contributed by atoms with van der Waals surface area (Å²) >= 11 is 0. The molecule has 0 spiro atoms. The maximum absolute atomic E-state index is 14.3. The smallest absolute Gasteiger partial charge is 0.264 e. The Hall–Kier alpha value is -4.50. The van der Waals surface area contributed by atoms with Crippen LogP contribution in [0, 0.1) is 12.7 Å². The van der Waals surface area contributed by atoms with E-state index in [9.17, 15) is 22.4 Å². The topological polar surface area (TPSA) is 86.8 Å². The number of anilines is 1. The first-order valence-corrected chi connectivity index (χ1v) is 15.5. The van der Waals surface area contributed by atoms with Crippen molar-refractivity contribution in [2.24, 2.45) is 0 Å². The molecule has 4 rings (SSSR count). The second-order valence-corrected chi connectivity index (χ2v) is 12.5. The van der Waals surface area contributed by atoms with Crippen LogP contribution in [0.2, 0.25) is 0 Å². The van der Waals surface area contributed by atoms with Gasteiger partial charge in [0.05, 0.1) is 10.6 Å². The number of aryl methyl sites for hydroxylation is 1. The average Bonchev–Trinajstić information content (AvgIpc) is 2.99. The van der Waals surface area contributed by atoms with Crippen molar-refractivity contribution in [2.75, 3.05) is 10.8 Å². The van der Waals surface area contributed by atoms with Crippen LogP contribution in [0.4, 0.5) is 10.1 Å². The second kappa shape index (κ2) is 14.1. The Morgan fingerprint density at radius 1 is 0.791 bits per heavy atom. The highest BCUT2D eigenvalue weighted by Gasteiger charge is 2.34. The molecule has 0 aliphatic carbocycles. The molecule has 43 heavy (non-hydrogen) atoms. The van der Waals surface area contributed by atoms with Crippen LogP contribution in [0.3, 0.4) is 0 Å². The summed E-state index contributed by atoms with van der Waals surface area (Å²) in [6, 6.07) is 28.7. The molecule has 0 bridgehead atoms. The molecule has 4 aromatic carbocycles. The summed E-state index contributed by atoms with van der Waals surface area (Å²) in [5, 5.41) is 2.93. The molecular formula is C34H36FN3O4S. The van der Waals surface area contributed by atoms with Crippen molar-refractivity contribution < 1.29 is 22.4 Å². The Bertz CT molecular complexity index is 1610. The molecule has 1 atom stereocenters. The van der Waals surface area contributed by atoms with Crippen molar-refractivity contribution in [3.8, 4) is 0 Å². The number of rotatable bonds is 12. The molecule has 0 aliphatic rings. The lowest BCUT2D eigenvalue weighted by atomic mass is 10.0. The quantitative estimate of drug-likeness (QED) is 0.233. The van der Waals surface area contributed by atoms with Crippen LogP contribution in [0.1, 0.15) is 30.5 Å². The maximum Gasteiger partial charge on any atom is 0.264 e. The first kappa shape index (κ1) is 31.4. The predicted octanol–water partition coefficient (Wildman–Crippen LogP) is 5.49.